The van der Waals surface area contributed by atoms with Gasteiger partial charge in [-0.25, -0.2) is 12.7 Å². The van der Waals surface area contributed by atoms with E-state index < -0.39 is 27.9 Å². The summed E-state index contributed by atoms with van der Waals surface area (Å²) in [5, 5.41) is 3.06. The van der Waals surface area contributed by atoms with Crippen LogP contribution in [0.3, 0.4) is 0 Å². The van der Waals surface area contributed by atoms with Gasteiger partial charge in [-0.15, -0.1) is 0 Å². The van der Waals surface area contributed by atoms with Crippen molar-refractivity contribution < 1.29 is 22.8 Å². The maximum absolute atomic E-state index is 13.6. The van der Waals surface area contributed by atoms with Crippen LogP contribution in [0.4, 0.5) is 0 Å². The highest BCUT2D eigenvalue weighted by Crippen LogP contribution is 2.30. The molecule has 0 saturated carbocycles. The van der Waals surface area contributed by atoms with Crippen molar-refractivity contribution in [3.05, 3.63) is 101 Å². The predicted octanol–water partition coefficient (Wildman–Crippen LogP) is 3.26. The van der Waals surface area contributed by atoms with Crippen LogP contribution in [-0.4, -0.2) is 55.0 Å². The summed E-state index contributed by atoms with van der Waals surface area (Å²) < 4.78 is 26.6. The molecule has 4 rings (SSSR count). The standard InChI is InChI=1S/C27H26ClN3O5S/c1-29-26(33)23(17-19-9-3-2-4-10-19)30(18-20-11-5-7-13-22(20)28)25(32)15-16-31-27(34)21-12-6-8-14-24(21)37(31,35)36/h2-14,23H,15-18H2,1H3,(H,29,33)/t23-/m0/s1. The normalized spacial score (nSPS) is 14.6. The van der Waals surface area contributed by atoms with Crippen LogP contribution in [-0.2, 0) is 32.6 Å². The number of hydrogen-bond acceptors (Lipinski definition) is 5. The monoisotopic (exact) mass is 539 g/mol. The topological polar surface area (TPSA) is 104 Å². The Morgan fingerprint density at radius 2 is 1.62 bits per heavy atom. The fraction of sp³-hybridized carbons (Fsp3) is 0.222. The molecule has 0 aliphatic carbocycles. The summed E-state index contributed by atoms with van der Waals surface area (Å²) in [5.74, 6) is -1.53. The zero-order valence-corrected chi connectivity index (χ0v) is 21.7. The first-order chi connectivity index (χ1) is 17.7. The number of rotatable bonds is 9. The third-order valence-corrected chi connectivity index (χ3v) is 8.47. The van der Waals surface area contributed by atoms with Crippen LogP contribution in [0.1, 0.15) is 27.9 Å². The molecule has 1 aliphatic heterocycles. The van der Waals surface area contributed by atoms with E-state index in [0.717, 1.165) is 9.87 Å². The summed E-state index contributed by atoms with van der Waals surface area (Å²) in [4.78, 5) is 40.8. The van der Waals surface area contributed by atoms with Crippen LogP contribution in [0.15, 0.2) is 83.8 Å². The number of carbonyl (C=O) groups excluding carboxylic acids is 3. The van der Waals surface area contributed by atoms with Gasteiger partial charge in [-0.1, -0.05) is 72.3 Å². The van der Waals surface area contributed by atoms with E-state index in [9.17, 15) is 22.8 Å². The number of sulfonamides is 1. The number of nitrogens with one attached hydrogen (secondary N) is 1. The van der Waals surface area contributed by atoms with Gasteiger partial charge in [0.05, 0.1) is 5.56 Å². The molecule has 0 bridgehead atoms. The Kier molecular flexibility index (Phi) is 7.94. The van der Waals surface area contributed by atoms with Gasteiger partial charge in [0.1, 0.15) is 10.9 Å². The quantitative estimate of drug-likeness (QED) is 0.449. The third kappa shape index (κ3) is 5.52. The average molecular weight is 540 g/mol. The fourth-order valence-electron chi connectivity index (χ4n) is 4.32. The van der Waals surface area contributed by atoms with Crippen LogP contribution in [0, 0.1) is 0 Å². The van der Waals surface area contributed by atoms with Gasteiger partial charge in [-0.3, -0.25) is 14.4 Å². The molecule has 0 unspecified atom stereocenters. The summed E-state index contributed by atoms with van der Waals surface area (Å²) in [6.07, 6.45) is -0.0607. The highest BCUT2D eigenvalue weighted by atomic mass is 35.5. The molecule has 1 N–H and O–H groups in total. The minimum Gasteiger partial charge on any atom is -0.357 e. The second-order valence-electron chi connectivity index (χ2n) is 8.56. The maximum Gasteiger partial charge on any atom is 0.269 e. The second kappa shape index (κ2) is 11.1. The molecule has 192 valence electrons. The summed E-state index contributed by atoms with van der Waals surface area (Å²) in [7, 11) is -2.57. The van der Waals surface area contributed by atoms with Gasteiger partial charge in [0.25, 0.3) is 15.9 Å². The molecule has 10 heteroatoms. The Morgan fingerprint density at radius 1 is 0.973 bits per heavy atom. The van der Waals surface area contributed by atoms with Crippen LogP contribution < -0.4 is 5.32 Å². The van der Waals surface area contributed by atoms with Gasteiger partial charge < -0.3 is 10.2 Å². The lowest BCUT2D eigenvalue weighted by Gasteiger charge is -2.32. The number of likely N-dealkylation sites (N-methyl/N-ethyl adjacent to an activating group) is 1. The van der Waals surface area contributed by atoms with E-state index in [-0.39, 0.29) is 42.3 Å². The minimum atomic E-state index is -4.06. The summed E-state index contributed by atoms with van der Waals surface area (Å²) >= 11 is 6.37. The van der Waals surface area contributed by atoms with Crippen LogP contribution in [0.2, 0.25) is 5.02 Å². The van der Waals surface area contributed by atoms with Gasteiger partial charge >= 0.3 is 0 Å². The van der Waals surface area contributed by atoms with Crippen molar-refractivity contribution in [3.8, 4) is 0 Å². The first-order valence-corrected chi connectivity index (χ1v) is 13.5. The number of hydrogen-bond donors (Lipinski definition) is 1. The predicted molar refractivity (Wildman–Crippen MR) is 139 cm³/mol. The maximum atomic E-state index is 13.6. The second-order valence-corrected chi connectivity index (χ2v) is 10.8. The zero-order chi connectivity index (χ0) is 26.6. The molecule has 0 fully saturated rings. The van der Waals surface area contributed by atoms with E-state index in [1.807, 2.05) is 30.3 Å². The minimum absolute atomic E-state index is 0.0321. The van der Waals surface area contributed by atoms with Crippen LogP contribution in [0.5, 0.6) is 0 Å². The van der Waals surface area contributed by atoms with Crippen molar-refractivity contribution in [2.45, 2.75) is 30.3 Å². The molecule has 1 aliphatic rings. The Balaban J connectivity index is 1.62. The molecule has 0 saturated heterocycles. The lowest BCUT2D eigenvalue weighted by atomic mass is 10.0. The number of nitrogens with zero attached hydrogens (tertiary/aromatic N) is 2. The smallest absolute Gasteiger partial charge is 0.269 e. The van der Waals surface area contributed by atoms with Gasteiger partial charge in [-0.05, 0) is 29.3 Å². The number of fused-ring (bicyclic) bond motifs is 1. The van der Waals surface area contributed by atoms with Gasteiger partial charge in [0.15, 0.2) is 0 Å². The van der Waals surface area contributed by atoms with Crippen LogP contribution in [0.25, 0.3) is 0 Å². The van der Waals surface area contributed by atoms with E-state index in [1.54, 1.807) is 36.4 Å². The first-order valence-electron chi connectivity index (χ1n) is 11.7. The number of halogens is 1. The largest absolute Gasteiger partial charge is 0.357 e. The third-order valence-electron chi connectivity index (χ3n) is 6.26. The van der Waals surface area contributed by atoms with E-state index in [4.69, 9.17) is 11.6 Å². The molecule has 1 heterocycles. The van der Waals surface area contributed by atoms with Crippen molar-refractivity contribution >= 4 is 39.3 Å². The summed E-state index contributed by atoms with van der Waals surface area (Å²) in [5.41, 5.74) is 1.56. The molecule has 1 atom stereocenters. The Bertz CT molecular complexity index is 1430. The van der Waals surface area contributed by atoms with E-state index in [2.05, 4.69) is 5.32 Å². The Hall–Kier alpha value is -3.69. The number of carbonyl (C=O) groups is 3. The summed E-state index contributed by atoms with van der Waals surface area (Å²) in [6, 6.07) is 21.3. The highest BCUT2D eigenvalue weighted by Gasteiger charge is 2.41. The van der Waals surface area contributed by atoms with Gasteiger partial charge in [0, 0.05) is 38.0 Å². The van der Waals surface area contributed by atoms with E-state index >= 15 is 0 Å². The molecule has 3 aromatic rings. The van der Waals surface area contributed by atoms with E-state index in [1.165, 1.54) is 24.1 Å². The molecular weight excluding hydrogens is 514 g/mol. The van der Waals surface area contributed by atoms with Crippen molar-refractivity contribution in [1.82, 2.24) is 14.5 Å². The average Bonchev–Trinajstić information content (AvgIpc) is 3.10. The van der Waals surface area contributed by atoms with Crippen molar-refractivity contribution in [3.63, 3.8) is 0 Å². The lowest BCUT2D eigenvalue weighted by molar-refractivity contribution is -0.141. The fourth-order valence-corrected chi connectivity index (χ4v) is 6.09. The van der Waals surface area contributed by atoms with Crippen molar-refractivity contribution in [2.75, 3.05) is 13.6 Å². The first kappa shape index (κ1) is 26.4. The zero-order valence-electron chi connectivity index (χ0n) is 20.1. The number of benzene rings is 3. The number of amides is 3. The SMILES string of the molecule is CNC(=O)[C@H](Cc1ccccc1)N(Cc1ccccc1Cl)C(=O)CCN1C(=O)c2ccccc2S1(=O)=O. The molecule has 3 aromatic carbocycles. The van der Waals surface area contributed by atoms with Gasteiger partial charge in [0.2, 0.25) is 11.8 Å². The molecule has 0 radical (unpaired) electrons. The molecular formula is C27H26ClN3O5S. The van der Waals surface area contributed by atoms with Crippen molar-refractivity contribution in [1.29, 1.82) is 0 Å². The van der Waals surface area contributed by atoms with E-state index in [0.29, 0.717) is 10.6 Å². The molecule has 8 nitrogen and oxygen atoms in total. The highest BCUT2D eigenvalue weighted by molar-refractivity contribution is 7.90. The molecule has 0 spiro atoms. The Labute approximate surface area is 220 Å². The molecule has 0 aromatic heterocycles. The molecule has 37 heavy (non-hydrogen) atoms. The molecule has 3 amide bonds. The van der Waals surface area contributed by atoms with Gasteiger partial charge in [-0.2, -0.15) is 0 Å². The lowest BCUT2D eigenvalue weighted by Crippen LogP contribution is -2.50. The van der Waals surface area contributed by atoms with Crippen molar-refractivity contribution in [2.24, 2.45) is 0 Å². The van der Waals surface area contributed by atoms with Crippen LogP contribution >= 0.6 is 11.6 Å². The Morgan fingerprint density at radius 3 is 2.30 bits per heavy atom. The summed E-state index contributed by atoms with van der Waals surface area (Å²) in [6.45, 7) is -0.316.